The van der Waals surface area contributed by atoms with E-state index >= 15 is 0 Å². The highest BCUT2D eigenvalue weighted by molar-refractivity contribution is 6.33. The van der Waals surface area contributed by atoms with Gasteiger partial charge in [0.25, 0.3) is 0 Å². The molecule has 0 aliphatic carbocycles. The number of aliphatic imine (C=N–C) groups is 1. The van der Waals surface area contributed by atoms with E-state index in [1.807, 2.05) is 24.4 Å². The number of ether oxygens (including phenoxy) is 1. The Morgan fingerprint density at radius 2 is 1.85 bits per heavy atom. The number of nitrogens with zero attached hydrogens (tertiary/aromatic N) is 2. The van der Waals surface area contributed by atoms with Crippen molar-refractivity contribution < 1.29 is 9.53 Å². The van der Waals surface area contributed by atoms with Crippen molar-refractivity contribution in [3.63, 3.8) is 0 Å². The molecule has 0 bridgehead atoms. The highest BCUT2D eigenvalue weighted by Gasteiger charge is 2.11. The Morgan fingerprint density at radius 1 is 1.12 bits per heavy atom. The van der Waals surface area contributed by atoms with Crippen LogP contribution in [-0.2, 0) is 4.74 Å². The van der Waals surface area contributed by atoms with Crippen LogP contribution in [0.5, 0.6) is 0 Å². The summed E-state index contributed by atoms with van der Waals surface area (Å²) in [5, 5.41) is 0.321. The summed E-state index contributed by atoms with van der Waals surface area (Å²) < 4.78 is 6.88. The minimum Gasteiger partial charge on any atom is -0.465 e. The molecule has 0 aliphatic rings. The van der Waals surface area contributed by atoms with Crippen molar-refractivity contribution in [3.05, 3.63) is 82.1 Å². The topological polar surface area (TPSA) is 43.6 Å². The van der Waals surface area contributed by atoms with Crippen LogP contribution in [0.1, 0.15) is 27.3 Å². The molecule has 2 aromatic carbocycles. The van der Waals surface area contributed by atoms with E-state index < -0.39 is 5.97 Å². The van der Waals surface area contributed by atoms with Crippen molar-refractivity contribution in [1.29, 1.82) is 0 Å². The van der Waals surface area contributed by atoms with Crippen LogP contribution in [0.15, 0.2) is 59.6 Å². The zero-order valence-corrected chi connectivity index (χ0v) is 15.6. The van der Waals surface area contributed by atoms with Gasteiger partial charge >= 0.3 is 5.97 Å². The Kier molecular flexibility index (Phi) is 5.24. The summed E-state index contributed by atoms with van der Waals surface area (Å²) in [6.45, 7) is 4.13. The maximum atomic E-state index is 11.6. The SMILES string of the molecule is COC(=O)c1ccc(N=Cc2cc(C)n(-c3ccccc3)c2C)cc1Cl. The van der Waals surface area contributed by atoms with E-state index in [-0.39, 0.29) is 0 Å². The zero-order valence-electron chi connectivity index (χ0n) is 14.9. The van der Waals surface area contributed by atoms with Crippen molar-refractivity contribution in [2.24, 2.45) is 4.99 Å². The molecule has 0 atom stereocenters. The Labute approximate surface area is 157 Å². The minimum atomic E-state index is -0.461. The largest absolute Gasteiger partial charge is 0.465 e. The van der Waals surface area contributed by atoms with Crippen LogP contribution in [0.2, 0.25) is 5.02 Å². The number of aromatic nitrogens is 1. The fourth-order valence-electron chi connectivity index (χ4n) is 2.90. The number of aryl methyl sites for hydroxylation is 1. The second-order valence-electron chi connectivity index (χ2n) is 5.91. The number of benzene rings is 2. The van der Waals surface area contributed by atoms with Gasteiger partial charge in [-0.1, -0.05) is 29.8 Å². The van der Waals surface area contributed by atoms with Gasteiger partial charge in [0.2, 0.25) is 0 Å². The smallest absolute Gasteiger partial charge is 0.339 e. The minimum absolute atomic E-state index is 0.321. The van der Waals surface area contributed by atoms with Gasteiger partial charge in [0.05, 0.1) is 23.4 Å². The predicted molar refractivity (Wildman–Crippen MR) is 105 cm³/mol. The maximum absolute atomic E-state index is 11.6. The molecule has 0 radical (unpaired) electrons. The van der Waals surface area contributed by atoms with E-state index in [0.29, 0.717) is 16.3 Å². The first-order chi connectivity index (χ1) is 12.5. The molecule has 3 aromatic rings. The number of halogens is 1. The standard InChI is InChI=1S/C21H19ClN2O2/c1-14-11-16(15(2)24(14)18-7-5-4-6-8-18)13-23-17-9-10-19(20(22)12-17)21(25)26-3/h4-13H,1-3H3. The van der Waals surface area contributed by atoms with Crippen LogP contribution in [0.25, 0.3) is 5.69 Å². The number of carbonyl (C=O) groups excluding carboxylic acids is 1. The molecule has 5 heteroatoms. The fraction of sp³-hybridized carbons (Fsp3) is 0.143. The van der Waals surface area contributed by atoms with Crippen molar-refractivity contribution in [3.8, 4) is 5.69 Å². The van der Waals surface area contributed by atoms with Crippen LogP contribution in [0.3, 0.4) is 0 Å². The van der Waals surface area contributed by atoms with Gasteiger partial charge in [-0.2, -0.15) is 0 Å². The summed E-state index contributed by atoms with van der Waals surface area (Å²) in [6.07, 6.45) is 1.81. The number of para-hydroxylation sites is 1. The molecule has 1 aromatic heterocycles. The van der Waals surface area contributed by atoms with Gasteiger partial charge in [0.1, 0.15) is 0 Å². The lowest BCUT2D eigenvalue weighted by Crippen LogP contribution is -2.01. The van der Waals surface area contributed by atoms with Gasteiger partial charge in [0.15, 0.2) is 0 Å². The quantitative estimate of drug-likeness (QED) is 0.465. The van der Waals surface area contributed by atoms with Gasteiger partial charge in [-0.3, -0.25) is 4.99 Å². The van der Waals surface area contributed by atoms with Crippen molar-refractivity contribution in [2.75, 3.05) is 7.11 Å². The van der Waals surface area contributed by atoms with E-state index in [1.54, 1.807) is 18.2 Å². The molecular weight excluding hydrogens is 348 g/mol. The van der Waals surface area contributed by atoms with Crippen molar-refractivity contribution in [1.82, 2.24) is 4.57 Å². The normalized spacial score (nSPS) is 11.1. The van der Waals surface area contributed by atoms with E-state index in [0.717, 1.165) is 22.6 Å². The Morgan fingerprint density at radius 3 is 2.50 bits per heavy atom. The molecule has 0 N–H and O–H groups in total. The van der Waals surface area contributed by atoms with Gasteiger partial charge in [-0.05, 0) is 50.2 Å². The van der Waals surface area contributed by atoms with E-state index in [9.17, 15) is 4.79 Å². The lowest BCUT2D eigenvalue weighted by Gasteiger charge is -2.09. The van der Waals surface area contributed by atoms with Crippen LogP contribution >= 0.6 is 11.6 Å². The number of carbonyl (C=O) groups is 1. The molecule has 0 amide bonds. The summed E-state index contributed by atoms with van der Waals surface area (Å²) in [5.41, 5.74) is 5.39. The second-order valence-corrected chi connectivity index (χ2v) is 6.32. The Hall–Kier alpha value is -2.85. The molecule has 0 unspecified atom stereocenters. The third kappa shape index (κ3) is 3.55. The van der Waals surface area contributed by atoms with Crippen LogP contribution in [0, 0.1) is 13.8 Å². The molecular formula is C21H19ClN2O2. The zero-order chi connectivity index (χ0) is 18.7. The summed E-state index contributed by atoms with van der Waals surface area (Å²) >= 11 is 6.15. The first kappa shape index (κ1) is 18.0. The van der Waals surface area contributed by atoms with Crippen molar-refractivity contribution in [2.45, 2.75) is 13.8 Å². The number of hydrogen-bond acceptors (Lipinski definition) is 3. The predicted octanol–water partition coefficient (Wildman–Crippen LogP) is 5.28. The summed E-state index contributed by atoms with van der Waals surface area (Å²) in [5.74, 6) is -0.461. The average molecular weight is 367 g/mol. The van der Waals surface area contributed by atoms with E-state index in [4.69, 9.17) is 16.3 Å². The lowest BCUT2D eigenvalue weighted by molar-refractivity contribution is 0.0601. The monoisotopic (exact) mass is 366 g/mol. The molecule has 0 saturated carbocycles. The number of rotatable bonds is 4. The molecule has 1 heterocycles. The second kappa shape index (κ2) is 7.58. The highest BCUT2D eigenvalue weighted by atomic mass is 35.5. The molecule has 0 saturated heterocycles. The highest BCUT2D eigenvalue weighted by Crippen LogP contribution is 2.24. The fourth-order valence-corrected chi connectivity index (χ4v) is 3.15. The summed E-state index contributed by atoms with van der Waals surface area (Å²) in [6, 6.07) is 17.3. The van der Waals surface area contributed by atoms with Crippen molar-refractivity contribution >= 4 is 29.5 Å². The molecule has 0 aliphatic heterocycles. The third-order valence-corrected chi connectivity index (χ3v) is 4.51. The van der Waals surface area contributed by atoms with E-state index in [1.165, 1.54) is 7.11 Å². The maximum Gasteiger partial charge on any atom is 0.339 e. The summed E-state index contributed by atoms with van der Waals surface area (Å²) in [4.78, 5) is 16.1. The average Bonchev–Trinajstić information content (AvgIpc) is 2.93. The van der Waals surface area contributed by atoms with Crippen LogP contribution in [0.4, 0.5) is 5.69 Å². The first-order valence-corrected chi connectivity index (χ1v) is 8.55. The molecule has 0 fully saturated rings. The lowest BCUT2D eigenvalue weighted by atomic mass is 10.2. The van der Waals surface area contributed by atoms with Gasteiger partial charge in [0, 0.05) is 28.9 Å². The number of esters is 1. The van der Waals surface area contributed by atoms with Gasteiger partial charge in [-0.15, -0.1) is 0 Å². The van der Waals surface area contributed by atoms with Crippen LogP contribution < -0.4 is 0 Å². The van der Waals surface area contributed by atoms with Gasteiger partial charge in [-0.25, -0.2) is 4.79 Å². The molecule has 132 valence electrons. The van der Waals surface area contributed by atoms with E-state index in [2.05, 4.69) is 41.6 Å². The van der Waals surface area contributed by atoms with Crippen LogP contribution in [-0.4, -0.2) is 23.9 Å². The molecule has 4 nitrogen and oxygen atoms in total. The molecule has 26 heavy (non-hydrogen) atoms. The molecule has 3 rings (SSSR count). The third-order valence-electron chi connectivity index (χ3n) is 4.20. The molecule has 0 spiro atoms. The first-order valence-electron chi connectivity index (χ1n) is 8.17. The summed E-state index contributed by atoms with van der Waals surface area (Å²) in [7, 11) is 1.33. The van der Waals surface area contributed by atoms with Gasteiger partial charge < -0.3 is 9.30 Å². The number of hydrogen-bond donors (Lipinski definition) is 0. The number of methoxy groups -OCH3 is 1. The Balaban J connectivity index is 1.90. The Bertz CT molecular complexity index is 975.